The number of morpholine rings is 1. The van der Waals surface area contributed by atoms with E-state index in [0.29, 0.717) is 37.6 Å². The molecule has 4 rings (SSSR count). The summed E-state index contributed by atoms with van der Waals surface area (Å²) in [5, 5.41) is 12.8. The molecule has 0 spiro atoms. The number of nitrogen functional groups attached to an aromatic ring is 1. The number of nitrogens with zero attached hydrogens (tertiary/aromatic N) is 1. The lowest BCUT2D eigenvalue weighted by Crippen LogP contribution is -2.36. The predicted octanol–water partition coefficient (Wildman–Crippen LogP) is 3.75. The van der Waals surface area contributed by atoms with Crippen molar-refractivity contribution < 1.29 is 19.4 Å². The van der Waals surface area contributed by atoms with Gasteiger partial charge in [-0.2, -0.15) is 0 Å². The number of ether oxygens (including phenoxy) is 2. The Hall–Kier alpha value is -2.61. The summed E-state index contributed by atoms with van der Waals surface area (Å²) < 4.78 is 11.2. The van der Waals surface area contributed by atoms with Crippen molar-refractivity contribution in [2.24, 2.45) is 0 Å². The van der Waals surface area contributed by atoms with Gasteiger partial charge in [-0.25, -0.2) is 4.79 Å². The van der Waals surface area contributed by atoms with Crippen LogP contribution in [0.3, 0.4) is 0 Å². The highest BCUT2D eigenvalue weighted by atomic mass is 32.1. The summed E-state index contributed by atoms with van der Waals surface area (Å²) in [5.74, 6) is -0.992. The van der Waals surface area contributed by atoms with E-state index in [1.54, 1.807) is 7.11 Å². The number of carboxylic acid groups (broad SMARTS) is 1. The molecule has 3 N–H and O–H groups in total. The van der Waals surface area contributed by atoms with E-state index in [1.807, 2.05) is 42.5 Å². The summed E-state index contributed by atoms with van der Waals surface area (Å²) in [6.07, 6.45) is -0.554. The molecule has 0 aliphatic carbocycles. The van der Waals surface area contributed by atoms with Crippen LogP contribution in [0.4, 0.5) is 10.7 Å². The fourth-order valence-corrected chi connectivity index (χ4v) is 4.80. The zero-order chi connectivity index (χ0) is 19.7. The first-order valence-electron chi connectivity index (χ1n) is 9.09. The number of anilines is 2. The van der Waals surface area contributed by atoms with Crippen LogP contribution in [0.2, 0.25) is 0 Å². The van der Waals surface area contributed by atoms with E-state index in [2.05, 4.69) is 4.90 Å². The van der Waals surface area contributed by atoms with Gasteiger partial charge in [-0.15, -0.1) is 11.3 Å². The molecule has 7 heteroatoms. The minimum absolute atomic E-state index is 0.221. The average molecular weight is 398 g/mol. The normalized spacial score (nSPS) is 15.7. The van der Waals surface area contributed by atoms with Crippen LogP contribution in [-0.2, 0) is 9.47 Å². The van der Waals surface area contributed by atoms with Gasteiger partial charge in [0.2, 0.25) is 0 Å². The Bertz CT molecular complexity index is 1010. The Morgan fingerprint density at radius 2 is 1.93 bits per heavy atom. The highest BCUT2D eigenvalue weighted by molar-refractivity contribution is 7.18. The zero-order valence-corrected chi connectivity index (χ0v) is 16.4. The summed E-state index contributed by atoms with van der Waals surface area (Å²) in [5.41, 5.74) is 8.36. The minimum atomic E-state index is -0.992. The number of benzene rings is 2. The lowest BCUT2D eigenvalue weighted by atomic mass is 9.97. The SMILES string of the molecule is COC(c1ccc2ccccc2c1)c1c(C(=O)O)sc(N2CCOCC2)c1N. The van der Waals surface area contributed by atoms with E-state index < -0.39 is 12.1 Å². The van der Waals surface area contributed by atoms with E-state index >= 15 is 0 Å². The zero-order valence-electron chi connectivity index (χ0n) is 15.6. The molecule has 2 heterocycles. The molecule has 0 saturated carbocycles. The van der Waals surface area contributed by atoms with Gasteiger partial charge < -0.3 is 25.2 Å². The van der Waals surface area contributed by atoms with Crippen molar-refractivity contribution in [2.75, 3.05) is 44.0 Å². The quantitative estimate of drug-likeness (QED) is 0.681. The van der Waals surface area contributed by atoms with E-state index in [9.17, 15) is 9.90 Å². The Morgan fingerprint density at radius 1 is 1.21 bits per heavy atom. The number of hydrogen-bond donors (Lipinski definition) is 2. The van der Waals surface area contributed by atoms with Gasteiger partial charge in [0.1, 0.15) is 16.0 Å². The van der Waals surface area contributed by atoms with Crippen LogP contribution in [0, 0.1) is 0 Å². The van der Waals surface area contributed by atoms with Crippen LogP contribution in [-0.4, -0.2) is 44.5 Å². The fourth-order valence-electron chi connectivity index (χ4n) is 3.66. The van der Waals surface area contributed by atoms with Gasteiger partial charge in [-0.1, -0.05) is 36.4 Å². The first kappa shape index (κ1) is 18.7. The number of methoxy groups -OCH3 is 1. The maximum atomic E-state index is 12.0. The van der Waals surface area contributed by atoms with Crippen LogP contribution in [0.25, 0.3) is 10.8 Å². The van der Waals surface area contributed by atoms with Crippen molar-refractivity contribution in [1.29, 1.82) is 0 Å². The van der Waals surface area contributed by atoms with Crippen molar-refractivity contribution in [3.63, 3.8) is 0 Å². The number of hydrogen-bond acceptors (Lipinski definition) is 6. The topological polar surface area (TPSA) is 85.0 Å². The number of rotatable bonds is 5. The second kappa shape index (κ2) is 7.79. The molecular weight excluding hydrogens is 376 g/mol. The van der Waals surface area contributed by atoms with Crippen molar-refractivity contribution in [3.05, 3.63) is 58.5 Å². The van der Waals surface area contributed by atoms with Gasteiger partial charge in [0.15, 0.2) is 0 Å². The van der Waals surface area contributed by atoms with Crippen molar-refractivity contribution in [2.45, 2.75) is 6.10 Å². The number of aromatic carboxylic acids is 1. The van der Waals surface area contributed by atoms with Crippen LogP contribution in [0.5, 0.6) is 0 Å². The van der Waals surface area contributed by atoms with Gasteiger partial charge in [-0.3, -0.25) is 0 Å². The average Bonchev–Trinajstić information content (AvgIpc) is 3.07. The van der Waals surface area contributed by atoms with Gasteiger partial charge in [0.25, 0.3) is 0 Å². The number of nitrogens with two attached hydrogens (primary N) is 1. The fraction of sp³-hybridized carbons (Fsp3) is 0.286. The third kappa shape index (κ3) is 3.32. The second-order valence-electron chi connectivity index (χ2n) is 6.69. The number of carboxylic acids is 1. The van der Waals surface area contributed by atoms with Crippen LogP contribution >= 0.6 is 11.3 Å². The van der Waals surface area contributed by atoms with Crippen molar-refractivity contribution in [3.8, 4) is 0 Å². The smallest absolute Gasteiger partial charge is 0.346 e. The molecule has 146 valence electrons. The summed E-state index contributed by atoms with van der Waals surface area (Å²) in [6, 6.07) is 14.0. The summed E-state index contributed by atoms with van der Waals surface area (Å²) in [6.45, 7) is 2.59. The lowest BCUT2D eigenvalue weighted by Gasteiger charge is -2.28. The molecule has 1 aliphatic rings. The highest BCUT2D eigenvalue weighted by Crippen LogP contribution is 2.45. The number of carbonyl (C=O) groups is 1. The van der Waals surface area contributed by atoms with Gasteiger partial charge in [0.05, 0.1) is 18.9 Å². The molecular formula is C21H22N2O4S. The van der Waals surface area contributed by atoms with Gasteiger partial charge >= 0.3 is 5.97 Å². The maximum absolute atomic E-state index is 12.0. The molecule has 3 aromatic rings. The minimum Gasteiger partial charge on any atom is -0.477 e. The number of thiophene rings is 1. The molecule has 1 fully saturated rings. The van der Waals surface area contributed by atoms with Crippen molar-refractivity contribution >= 4 is 38.8 Å². The summed E-state index contributed by atoms with van der Waals surface area (Å²) in [4.78, 5) is 14.3. The molecule has 6 nitrogen and oxygen atoms in total. The summed E-state index contributed by atoms with van der Waals surface area (Å²) >= 11 is 1.21. The lowest BCUT2D eigenvalue weighted by molar-refractivity contribution is 0.0693. The molecule has 0 bridgehead atoms. The van der Waals surface area contributed by atoms with E-state index in [0.717, 1.165) is 21.3 Å². The molecule has 0 radical (unpaired) electrons. The molecule has 28 heavy (non-hydrogen) atoms. The molecule has 1 aromatic heterocycles. The third-order valence-corrected chi connectivity index (χ3v) is 6.30. The van der Waals surface area contributed by atoms with Crippen LogP contribution in [0.15, 0.2) is 42.5 Å². The molecule has 2 aromatic carbocycles. The molecule has 1 aliphatic heterocycles. The standard InChI is InChI=1S/C21H22N2O4S/c1-26-18(15-7-6-13-4-2-3-5-14(13)12-15)16-17(22)20(28-19(16)21(24)25)23-8-10-27-11-9-23/h2-7,12,18H,8-11,22H2,1H3,(H,24,25). The number of fused-ring (bicyclic) bond motifs is 1. The third-order valence-electron chi connectivity index (χ3n) is 5.03. The van der Waals surface area contributed by atoms with Crippen molar-refractivity contribution in [1.82, 2.24) is 0 Å². The van der Waals surface area contributed by atoms with E-state index in [-0.39, 0.29) is 4.88 Å². The second-order valence-corrected chi connectivity index (χ2v) is 7.69. The highest BCUT2D eigenvalue weighted by Gasteiger charge is 2.30. The van der Waals surface area contributed by atoms with Crippen LogP contribution < -0.4 is 10.6 Å². The van der Waals surface area contributed by atoms with Crippen LogP contribution in [0.1, 0.15) is 26.9 Å². The van der Waals surface area contributed by atoms with Gasteiger partial charge in [-0.05, 0) is 22.4 Å². The predicted molar refractivity (Wildman–Crippen MR) is 112 cm³/mol. The Kier molecular flexibility index (Phi) is 5.21. The molecule has 0 amide bonds. The monoisotopic (exact) mass is 398 g/mol. The van der Waals surface area contributed by atoms with E-state index in [1.165, 1.54) is 11.3 Å². The summed E-state index contributed by atoms with van der Waals surface area (Å²) in [7, 11) is 1.58. The Balaban J connectivity index is 1.82. The Morgan fingerprint density at radius 3 is 2.61 bits per heavy atom. The molecule has 1 unspecified atom stereocenters. The molecule has 1 saturated heterocycles. The molecule has 1 atom stereocenters. The largest absolute Gasteiger partial charge is 0.477 e. The Labute approximate surface area is 167 Å². The first-order chi connectivity index (χ1) is 13.6. The van der Waals surface area contributed by atoms with E-state index in [4.69, 9.17) is 15.2 Å². The maximum Gasteiger partial charge on any atom is 0.346 e. The van der Waals surface area contributed by atoms with Gasteiger partial charge in [0, 0.05) is 25.8 Å². The first-order valence-corrected chi connectivity index (χ1v) is 9.91.